The van der Waals surface area contributed by atoms with Gasteiger partial charge in [0, 0.05) is 0 Å². The zero-order chi connectivity index (χ0) is 15.5. The highest BCUT2D eigenvalue weighted by molar-refractivity contribution is 5.91. The van der Waals surface area contributed by atoms with Crippen molar-refractivity contribution >= 4 is 5.97 Å². The maximum atomic E-state index is 12.3. The molecule has 0 aromatic heterocycles. The summed E-state index contributed by atoms with van der Waals surface area (Å²) in [5.74, 6) is -0.190. The molecule has 0 bridgehead atoms. The van der Waals surface area contributed by atoms with Gasteiger partial charge in [0.05, 0.1) is 11.7 Å². The van der Waals surface area contributed by atoms with Gasteiger partial charge in [-0.05, 0) is 51.4 Å². The Kier molecular flexibility index (Phi) is 8.76. The monoisotopic (exact) mass is 291 g/mol. The molecule has 3 heteroatoms. The van der Waals surface area contributed by atoms with Gasteiger partial charge in [-0.15, -0.1) is 0 Å². The molecule has 3 nitrogen and oxygen atoms in total. The fourth-order valence-electron chi connectivity index (χ4n) is 2.36. The summed E-state index contributed by atoms with van der Waals surface area (Å²) < 4.78 is 5.58. The summed E-state index contributed by atoms with van der Waals surface area (Å²) in [5, 5.41) is 3.11. The number of rotatable bonds is 10. The van der Waals surface area contributed by atoms with Gasteiger partial charge in [0.25, 0.3) is 0 Å². The predicted molar refractivity (Wildman–Crippen MR) is 87.7 cm³/mol. The summed E-state index contributed by atoms with van der Waals surface area (Å²) in [4.78, 5) is 12.3. The molecule has 1 unspecified atom stereocenters. The van der Waals surface area contributed by atoms with E-state index in [0.29, 0.717) is 5.56 Å². The minimum absolute atomic E-state index is 0.00767. The van der Waals surface area contributed by atoms with Crippen molar-refractivity contribution in [3.05, 3.63) is 35.4 Å². The minimum atomic E-state index is -0.190. The molecular weight excluding hydrogens is 262 g/mol. The van der Waals surface area contributed by atoms with Gasteiger partial charge in [-0.2, -0.15) is 0 Å². The molecule has 0 radical (unpaired) electrons. The average molecular weight is 291 g/mol. The zero-order valence-electron chi connectivity index (χ0n) is 13.7. The number of ether oxygens (including phenoxy) is 1. The molecule has 118 valence electrons. The summed E-state index contributed by atoms with van der Waals surface area (Å²) in [6.45, 7) is 5.04. The Morgan fingerprint density at radius 3 is 2.71 bits per heavy atom. The van der Waals surface area contributed by atoms with E-state index in [2.05, 4.69) is 12.2 Å². The first-order valence-corrected chi connectivity index (χ1v) is 8.12. The molecule has 1 N–H and O–H groups in total. The Morgan fingerprint density at radius 1 is 1.24 bits per heavy atom. The lowest BCUT2D eigenvalue weighted by molar-refractivity contribution is 0.0318. The highest BCUT2D eigenvalue weighted by Crippen LogP contribution is 2.14. The Hall–Kier alpha value is -1.35. The van der Waals surface area contributed by atoms with E-state index in [9.17, 15) is 4.79 Å². The van der Waals surface area contributed by atoms with E-state index in [1.165, 1.54) is 19.3 Å². The van der Waals surface area contributed by atoms with Crippen LogP contribution in [0.5, 0.6) is 0 Å². The number of esters is 1. The SMILES string of the molecule is CCCCCCC(C)OC(=O)c1ccccc1CCNC. The molecule has 0 saturated heterocycles. The van der Waals surface area contributed by atoms with Crippen LogP contribution in [0.25, 0.3) is 0 Å². The van der Waals surface area contributed by atoms with E-state index in [0.717, 1.165) is 31.4 Å². The first kappa shape index (κ1) is 17.7. The van der Waals surface area contributed by atoms with Crippen molar-refractivity contribution in [2.75, 3.05) is 13.6 Å². The van der Waals surface area contributed by atoms with Crippen LogP contribution in [0.4, 0.5) is 0 Å². The van der Waals surface area contributed by atoms with Gasteiger partial charge < -0.3 is 10.1 Å². The van der Waals surface area contributed by atoms with Gasteiger partial charge in [-0.3, -0.25) is 0 Å². The molecule has 0 spiro atoms. The molecule has 0 saturated carbocycles. The molecule has 0 aliphatic carbocycles. The van der Waals surface area contributed by atoms with E-state index >= 15 is 0 Å². The van der Waals surface area contributed by atoms with Gasteiger partial charge in [-0.25, -0.2) is 4.79 Å². The maximum Gasteiger partial charge on any atom is 0.338 e. The van der Waals surface area contributed by atoms with Crippen molar-refractivity contribution < 1.29 is 9.53 Å². The molecule has 0 aliphatic heterocycles. The van der Waals surface area contributed by atoms with Crippen LogP contribution in [0.3, 0.4) is 0 Å². The second-order valence-electron chi connectivity index (χ2n) is 5.58. The summed E-state index contributed by atoms with van der Waals surface area (Å²) in [5.41, 5.74) is 1.75. The summed E-state index contributed by atoms with van der Waals surface area (Å²) in [6, 6.07) is 7.72. The number of benzene rings is 1. The third kappa shape index (κ3) is 6.76. The van der Waals surface area contributed by atoms with Crippen LogP contribution in [-0.2, 0) is 11.2 Å². The number of hydrogen-bond acceptors (Lipinski definition) is 3. The Morgan fingerprint density at radius 2 is 2.00 bits per heavy atom. The standard InChI is InChI=1S/C18H29NO2/c1-4-5-6-7-10-15(2)21-18(20)17-12-9-8-11-16(17)13-14-19-3/h8-9,11-12,15,19H,4-7,10,13-14H2,1-3H3. The summed E-state index contributed by atoms with van der Waals surface area (Å²) in [6.07, 6.45) is 6.62. The van der Waals surface area contributed by atoms with Gasteiger partial charge >= 0.3 is 5.97 Å². The molecule has 0 heterocycles. The van der Waals surface area contributed by atoms with Gasteiger partial charge in [0.2, 0.25) is 0 Å². The topological polar surface area (TPSA) is 38.3 Å². The fraction of sp³-hybridized carbons (Fsp3) is 0.611. The Bertz CT molecular complexity index is 417. The van der Waals surface area contributed by atoms with Gasteiger partial charge in [0.1, 0.15) is 0 Å². The molecule has 1 aromatic carbocycles. The van der Waals surface area contributed by atoms with Crippen LogP contribution in [0.1, 0.15) is 61.9 Å². The summed E-state index contributed by atoms with van der Waals surface area (Å²) in [7, 11) is 1.92. The fourth-order valence-corrected chi connectivity index (χ4v) is 2.36. The lowest BCUT2D eigenvalue weighted by atomic mass is 10.0. The predicted octanol–water partition coefficient (Wildman–Crippen LogP) is 3.96. The van der Waals surface area contributed by atoms with E-state index < -0.39 is 0 Å². The number of carbonyl (C=O) groups is 1. The number of likely N-dealkylation sites (N-methyl/N-ethyl adjacent to an activating group) is 1. The number of unbranched alkanes of at least 4 members (excludes halogenated alkanes) is 3. The summed E-state index contributed by atoms with van der Waals surface area (Å²) >= 11 is 0. The van der Waals surface area contributed by atoms with Crippen molar-refractivity contribution in [1.29, 1.82) is 0 Å². The molecule has 0 fully saturated rings. The van der Waals surface area contributed by atoms with Crippen LogP contribution in [0.2, 0.25) is 0 Å². The van der Waals surface area contributed by atoms with Crippen LogP contribution in [-0.4, -0.2) is 25.7 Å². The number of hydrogen-bond donors (Lipinski definition) is 1. The van der Waals surface area contributed by atoms with Crippen LogP contribution in [0.15, 0.2) is 24.3 Å². The third-order valence-corrected chi connectivity index (χ3v) is 3.65. The lowest BCUT2D eigenvalue weighted by Gasteiger charge is -2.15. The Balaban J connectivity index is 2.50. The number of nitrogens with one attached hydrogen (secondary N) is 1. The second kappa shape index (κ2) is 10.4. The smallest absolute Gasteiger partial charge is 0.338 e. The molecular formula is C18H29NO2. The molecule has 21 heavy (non-hydrogen) atoms. The largest absolute Gasteiger partial charge is 0.459 e. The second-order valence-corrected chi connectivity index (χ2v) is 5.58. The molecule has 1 atom stereocenters. The van der Waals surface area contributed by atoms with E-state index in [-0.39, 0.29) is 12.1 Å². The van der Waals surface area contributed by atoms with Crippen LogP contribution in [0, 0.1) is 0 Å². The van der Waals surface area contributed by atoms with Crippen LogP contribution < -0.4 is 5.32 Å². The quantitative estimate of drug-likeness (QED) is 0.524. The van der Waals surface area contributed by atoms with Crippen molar-refractivity contribution in [1.82, 2.24) is 5.32 Å². The normalized spacial score (nSPS) is 12.1. The first-order chi connectivity index (χ1) is 10.2. The molecule has 0 aliphatic rings. The van der Waals surface area contributed by atoms with Crippen molar-refractivity contribution in [2.24, 2.45) is 0 Å². The Labute approximate surface area is 129 Å². The molecule has 1 aromatic rings. The first-order valence-electron chi connectivity index (χ1n) is 8.12. The van der Waals surface area contributed by atoms with Crippen molar-refractivity contribution in [3.8, 4) is 0 Å². The molecule has 1 rings (SSSR count). The average Bonchev–Trinajstić information content (AvgIpc) is 2.49. The third-order valence-electron chi connectivity index (χ3n) is 3.65. The van der Waals surface area contributed by atoms with E-state index in [1.54, 1.807) is 0 Å². The van der Waals surface area contributed by atoms with Gasteiger partial charge in [-0.1, -0.05) is 44.4 Å². The van der Waals surface area contributed by atoms with Gasteiger partial charge in [0.15, 0.2) is 0 Å². The lowest BCUT2D eigenvalue weighted by Crippen LogP contribution is -2.18. The zero-order valence-corrected chi connectivity index (χ0v) is 13.7. The highest BCUT2D eigenvalue weighted by Gasteiger charge is 2.15. The van der Waals surface area contributed by atoms with Crippen molar-refractivity contribution in [3.63, 3.8) is 0 Å². The molecule has 0 amide bonds. The maximum absolute atomic E-state index is 12.3. The highest BCUT2D eigenvalue weighted by atomic mass is 16.5. The van der Waals surface area contributed by atoms with Crippen LogP contribution >= 0.6 is 0 Å². The van der Waals surface area contributed by atoms with Crippen molar-refractivity contribution in [2.45, 2.75) is 58.5 Å². The van der Waals surface area contributed by atoms with E-state index in [1.807, 2.05) is 38.2 Å². The minimum Gasteiger partial charge on any atom is -0.459 e. The number of carbonyl (C=O) groups excluding carboxylic acids is 1. The van der Waals surface area contributed by atoms with E-state index in [4.69, 9.17) is 4.74 Å².